The molecule has 0 spiro atoms. The second kappa shape index (κ2) is 10.2. The molecule has 1 unspecified atom stereocenters. The molecule has 8 heteroatoms. The number of likely N-dealkylation sites (tertiary alicyclic amines) is 1. The fourth-order valence-electron chi connectivity index (χ4n) is 3.77. The van der Waals surface area contributed by atoms with Crippen LogP contribution in [0, 0.1) is 0 Å². The number of hydrogen-bond acceptors (Lipinski definition) is 5. The molecule has 1 N–H and O–H groups in total. The first kappa shape index (κ1) is 23.1. The predicted octanol–water partition coefficient (Wildman–Crippen LogP) is 3.34. The molecule has 1 aliphatic heterocycles. The van der Waals surface area contributed by atoms with E-state index in [1.165, 1.54) is 4.31 Å². The molecule has 3 rings (SSSR count). The van der Waals surface area contributed by atoms with Crippen molar-refractivity contribution in [3.8, 4) is 5.75 Å². The minimum atomic E-state index is -3.64. The van der Waals surface area contributed by atoms with E-state index in [2.05, 4.69) is 17.3 Å². The Morgan fingerprint density at radius 2 is 1.74 bits per heavy atom. The smallest absolute Gasteiger partial charge is 0.248 e. The van der Waals surface area contributed by atoms with Crippen molar-refractivity contribution in [3.05, 3.63) is 54.6 Å². The fourth-order valence-corrected chi connectivity index (χ4v) is 4.98. The summed E-state index contributed by atoms with van der Waals surface area (Å²) in [6.07, 6.45) is 3.65. The van der Waals surface area contributed by atoms with Crippen molar-refractivity contribution < 1.29 is 17.9 Å². The predicted molar refractivity (Wildman–Crippen MR) is 124 cm³/mol. The monoisotopic (exact) mass is 445 g/mol. The number of nitrogens with zero attached hydrogens (tertiary/aromatic N) is 2. The third-order valence-corrected chi connectivity index (χ3v) is 6.61. The average molecular weight is 446 g/mol. The van der Waals surface area contributed by atoms with Gasteiger partial charge in [-0.2, -0.15) is 0 Å². The van der Waals surface area contributed by atoms with Gasteiger partial charge in [0.05, 0.1) is 11.9 Å². The number of hydrogen-bond donors (Lipinski definition) is 1. The minimum Gasteiger partial charge on any atom is -0.490 e. The lowest BCUT2D eigenvalue weighted by molar-refractivity contribution is -0.117. The molecule has 0 aromatic heterocycles. The fraction of sp³-hybridized carbons (Fsp3) is 0.435. The van der Waals surface area contributed by atoms with Gasteiger partial charge in [0.15, 0.2) is 0 Å². The van der Waals surface area contributed by atoms with E-state index in [-0.39, 0.29) is 12.0 Å². The number of rotatable bonds is 8. The van der Waals surface area contributed by atoms with Gasteiger partial charge in [-0.1, -0.05) is 25.1 Å². The zero-order chi connectivity index (χ0) is 22.4. The van der Waals surface area contributed by atoms with Crippen LogP contribution in [0.3, 0.4) is 0 Å². The Labute approximate surface area is 185 Å². The van der Waals surface area contributed by atoms with Gasteiger partial charge >= 0.3 is 0 Å². The number of carbonyl (C=O) groups excluding carboxylic acids is 1. The summed E-state index contributed by atoms with van der Waals surface area (Å²) >= 11 is 0. The lowest BCUT2D eigenvalue weighted by atomic mass is 10.1. The van der Waals surface area contributed by atoms with E-state index in [1.807, 2.05) is 12.1 Å². The maximum Gasteiger partial charge on any atom is 0.248 e. The molecule has 2 aromatic carbocycles. The maximum atomic E-state index is 13.0. The number of benzene rings is 2. The number of para-hydroxylation sites is 1. The summed E-state index contributed by atoms with van der Waals surface area (Å²) in [5.41, 5.74) is 1.06. The molecule has 0 bridgehead atoms. The average Bonchev–Trinajstić information content (AvgIpc) is 2.74. The number of anilines is 2. The number of ether oxygens (including phenoxy) is 1. The molecular formula is C23H31N3O4S. The summed E-state index contributed by atoms with van der Waals surface area (Å²) in [6, 6.07) is 15.1. The highest BCUT2D eigenvalue weighted by Crippen LogP contribution is 2.24. The molecule has 1 amide bonds. The van der Waals surface area contributed by atoms with Gasteiger partial charge in [0.2, 0.25) is 15.9 Å². The summed E-state index contributed by atoms with van der Waals surface area (Å²) in [5.74, 6) is 0.391. The van der Waals surface area contributed by atoms with Crippen molar-refractivity contribution in [2.45, 2.75) is 38.3 Å². The van der Waals surface area contributed by atoms with Crippen LogP contribution in [-0.4, -0.2) is 57.8 Å². The lowest BCUT2D eigenvalue weighted by Gasteiger charge is -2.30. The van der Waals surface area contributed by atoms with Crippen LogP contribution in [0.15, 0.2) is 54.6 Å². The van der Waals surface area contributed by atoms with E-state index in [0.29, 0.717) is 17.8 Å². The Hall–Kier alpha value is -2.58. The molecule has 1 atom stereocenters. The second-order valence-corrected chi connectivity index (χ2v) is 9.81. The van der Waals surface area contributed by atoms with E-state index in [0.717, 1.165) is 37.9 Å². The molecular weight excluding hydrogens is 414 g/mol. The van der Waals surface area contributed by atoms with Crippen LogP contribution >= 0.6 is 0 Å². The Balaban J connectivity index is 1.68. The Morgan fingerprint density at radius 1 is 1.13 bits per heavy atom. The van der Waals surface area contributed by atoms with Gasteiger partial charge < -0.3 is 15.0 Å². The van der Waals surface area contributed by atoms with Crippen LogP contribution in [0.1, 0.15) is 26.2 Å². The van der Waals surface area contributed by atoms with Crippen LogP contribution in [0.2, 0.25) is 0 Å². The van der Waals surface area contributed by atoms with Crippen molar-refractivity contribution in [1.82, 2.24) is 4.90 Å². The highest BCUT2D eigenvalue weighted by Gasteiger charge is 2.31. The third kappa shape index (κ3) is 6.21. The number of piperidine rings is 1. The van der Waals surface area contributed by atoms with Gasteiger partial charge in [-0.25, -0.2) is 8.42 Å². The Kier molecular flexibility index (Phi) is 7.56. The minimum absolute atomic E-state index is 0.204. The maximum absolute atomic E-state index is 13.0. The van der Waals surface area contributed by atoms with Crippen LogP contribution in [0.4, 0.5) is 11.4 Å². The summed E-state index contributed by atoms with van der Waals surface area (Å²) in [7, 11) is -1.53. The zero-order valence-corrected chi connectivity index (χ0v) is 19.1. The van der Waals surface area contributed by atoms with Crippen molar-refractivity contribution in [1.29, 1.82) is 0 Å². The summed E-state index contributed by atoms with van der Waals surface area (Å²) in [4.78, 5) is 15.3. The molecule has 2 aromatic rings. The van der Waals surface area contributed by atoms with Crippen LogP contribution in [-0.2, 0) is 14.8 Å². The van der Waals surface area contributed by atoms with Gasteiger partial charge in [-0.3, -0.25) is 9.10 Å². The van der Waals surface area contributed by atoms with E-state index >= 15 is 0 Å². The molecule has 1 fully saturated rings. The van der Waals surface area contributed by atoms with Gasteiger partial charge in [0, 0.05) is 18.8 Å². The van der Waals surface area contributed by atoms with Crippen LogP contribution in [0.5, 0.6) is 5.75 Å². The van der Waals surface area contributed by atoms with E-state index in [9.17, 15) is 13.2 Å². The van der Waals surface area contributed by atoms with E-state index in [1.54, 1.807) is 49.4 Å². The molecule has 0 aliphatic carbocycles. The second-order valence-electron chi connectivity index (χ2n) is 7.95. The summed E-state index contributed by atoms with van der Waals surface area (Å²) < 4.78 is 32.2. The first-order valence-corrected chi connectivity index (χ1v) is 12.4. The van der Waals surface area contributed by atoms with E-state index < -0.39 is 16.1 Å². The quantitative estimate of drug-likeness (QED) is 0.674. The summed E-state index contributed by atoms with van der Waals surface area (Å²) in [6.45, 7) is 3.84. The molecule has 1 aliphatic rings. The standard InChI is InChI=1S/C23H31N3O4S/c1-4-22(26(31(3,28)29)19-8-6-5-7-9-19)23(27)24-18-10-12-20(13-11-18)30-21-14-16-25(2)17-15-21/h5-13,21-22H,4,14-17H2,1-3H3,(H,24,27). The van der Waals surface area contributed by atoms with Crippen molar-refractivity contribution >= 4 is 27.3 Å². The molecule has 7 nitrogen and oxygen atoms in total. The lowest BCUT2D eigenvalue weighted by Crippen LogP contribution is -2.46. The Bertz CT molecular complexity index is 956. The van der Waals surface area contributed by atoms with Crippen LogP contribution < -0.4 is 14.4 Å². The first-order chi connectivity index (χ1) is 14.8. The number of sulfonamides is 1. The van der Waals surface area contributed by atoms with Crippen molar-refractivity contribution in [2.24, 2.45) is 0 Å². The Morgan fingerprint density at radius 3 is 2.29 bits per heavy atom. The number of nitrogens with one attached hydrogen (secondary N) is 1. The molecule has 0 saturated carbocycles. The normalized spacial score (nSPS) is 16.5. The van der Waals surface area contributed by atoms with Gasteiger partial charge in [-0.05, 0) is 62.7 Å². The SMILES string of the molecule is CCC(C(=O)Nc1ccc(OC2CCN(C)CC2)cc1)N(c1ccccc1)S(C)(=O)=O. The highest BCUT2D eigenvalue weighted by atomic mass is 32.2. The van der Waals surface area contributed by atoms with Gasteiger partial charge in [0.25, 0.3) is 0 Å². The molecule has 31 heavy (non-hydrogen) atoms. The summed E-state index contributed by atoms with van der Waals surface area (Å²) in [5, 5.41) is 2.84. The van der Waals surface area contributed by atoms with Gasteiger partial charge in [0.1, 0.15) is 17.9 Å². The molecule has 168 valence electrons. The van der Waals surface area contributed by atoms with Crippen molar-refractivity contribution in [3.63, 3.8) is 0 Å². The largest absolute Gasteiger partial charge is 0.490 e. The number of carbonyl (C=O) groups is 1. The number of amides is 1. The third-order valence-electron chi connectivity index (χ3n) is 5.43. The molecule has 1 saturated heterocycles. The van der Waals surface area contributed by atoms with E-state index in [4.69, 9.17) is 4.74 Å². The highest BCUT2D eigenvalue weighted by molar-refractivity contribution is 7.92. The molecule has 1 heterocycles. The van der Waals surface area contributed by atoms with Crippen molar-refractivity contribution in [2.75, 3.05) is 36.0 Å². The zero-order valence-electron chi connectivity index (χ0n) is 18.3. The first-order valence-electron chi connectivity index (χ1n) is 10.6. The van der Waals surface area contributed by atoms with Gasteiger partial charge in [-0.15, -0.1) is 0 Å². The molecule has 0 radical (unpaired) electrons. The van der Waals surface area contributed by atoms with Crippen LogP contribution in [0.25, 0.3) is 0 Å². The topological polar surface area (TPSA) is 79.0 Å².